The van der Waals surface area contributed by atoms with E-state index in [4.69, 9.17) is 0 Å². The first kappa shape index (κ1) is 46.8. The quantitative estimate of drug-likeness (QED) is 0.0387. The molecule has 0 saturated heterocycles. The van der Waals surface area contributed by atoms with E-state index in [9.17, 15) is 20.1 Å². The zero-order valence-corrected chi connectivity index (χ0v) is 32.1. The Morgan fingerprint density at radius 1 is 0.500 bits per heavy atom. The number of amides is 1. The maximum absolute atomic E-state index is 12.4. The molecule has 0 rings (SSSR count). The van der Waals surface area contributed by atoms with Crippen molar-refractivity contribution in [3.8, 4) is 0 Å². The van der Waals surface area contributed by atoms with Gasteiger partial charge < -0.3 is 20.6 Å². The summed E-state index contributed by atoms with van der Waals surface area (Å²) in [6.45, 7) is 4.18. The summed E-state index contributed by atoms with van der Waals surface area (Å²) in [6.07, 6.45) is 46.3. The summed E-state index contributed by atoms with van der Waals surface area (Å²) in [4.78, 5) is 12.4. The van der Waals surface area contributed by atoms with Crippen LogP contribution in [0.1, 0.15) is 219 Å². The fraction of sp³-hybridized carbons (Fsp3) is 0.884. The van der Waals surface area contributed by atoms with E-state index in [1.165, 1.54) is 154 Å². The summed E-state index contributed by atoms with van der Waals surface area (Å²) < 4.78 is 0. The lowest BCUT2D eigenvalue weighted by molar-refractivity contribution is -0.131. The summed E-state index contributed by atoms with van der Waals surface area (Å²) >= 11 is 0. The molecule has 0 saturated carbocycles. The van der Waals surface area contributed by atoms with Crippen LogP contribution in [-0.2, 0) is 4.79 Å². The van der Waals surface area contributed by atoms with Crippen LogP contribution in [0.3, 0.4) is 0 Å². The van der Waals surface area contributed by atoms with E-state index in [0.29, 0.717) is 6.42 Å². The van der Waals surface area contributed by atoms with Crippen molar-refractivity contribution in [3.63, 3.8) is 0 Å². The lowest BCUT2D eigenvalue weighted by Gasteiger charge is -2.21. The van der Waals surface area contributed by atoms with Gasteiger partial charge in [0.15, 0.2) is 0 Å². The number of hydrogen-bond acceptors (Lipinski definition) is 4. The third kappa shape index (κ3) is 33.3. The average molecular weight is 678 g/mol. The zero-order chi connectivity index (χ0) is 35.2. The van der Waals surface area contributed by atoms with Gasteiger partial charge in [-0.1, -0.05) is 199 Å². The third-order valence-electron chi connectivity index (χ3n) is 9.79. The summed E-state index contributed by atoms with van der Waals surface area (Å²) in [7, 11) is 0. The number of carbonyl (C=O) groups is 1. The molecule has 0 aliphatic carbocycles. The predicted molar refractivity (Wildman–Crippen MR) is 208 cm³/mol. The maximum Gasteiger partial charge on any atom is 0.249 e. The smallest absolute Gasteiger partial charge is 0.249 e. The van der Waals surface area contributed by atoms with Gasteiger partial charge in [-0.15, -0.1) is 0 Å². The third-order valence-corrected chi connectivity index (χ3v) is 9.79. The number of allylic oxidation sites excluding steroid dienone is 3. The Bertz CT molecular complexity index is 709. The Kier molecular flexibility index (Phi) is 37.7. The van der Waals surface area contributed by atoms with Crippen molar-refractivity contribution >= 4 is 5.91 Å². The molecule has 1 amide bonds. The minimum atomic E-state index is -1.10. The maximum atomic E-state index is 12.4. The van der Waals surface area contributed by atoms with Crippen molar-refractivity contribution in [3.05, 3.63) is 24.3 Å². The SMILES string of the molecule is CCCCCCCCC/C=C\CCCCCCC(O)C(=O)NC(CO)C(O)/C=C/CCCCCCCCCCCCCCCCCCC. The van der Waals surface area contributed by atoms with Gasteiger partial charge in [-0.2, -0.15) is 0 Å². The highest BCUT2D eigenvalue weighted by Crippen LogP contribution is 2.15. The van der Waals surface area contributed by atoms with Gasteiger partial charge in [0.1, 0.15) is 6.10 Å². The summed E-state index contributed by atoms with van der Waals surface area (Å²) in [6, 6.07) is -0.799. The molecule has 0 radical (unpaired) electrons. The number of carbonyl (C=O) groups excluding carboxylic acids is 1. The van der Waals surface area contributed by atoms with E-state index in [-0.39, 0.29) is 6.61 Å². The largest absolute Gasteiger partial charge is 0.394 e. The Labute approximate surface area is 299 Å². The molecule has 0 aromatic carbocycles. The predicted octanol–water partition coefficient (Wildman–Crippen LogP) is 11.8. The first-order valence-corrected chi connectivity index (χ1v) is 21.2. The van der Waals surface area contributed by atoms with E-state index in [1.54, 1.807) is 6.08 Å². The number of rotatable bonds is 38. The van der Waals surface area contributed by atoms with Crippen LogP contribution in [0.2, 0.25) is 0 Å². The highest BCUT2D eigenvalue weighted by atomic mass is 16.3. The lowest BCUT2D eigenvalue weighted by Crippen LogP contribution is -2.48. The summed E-state index contributed by atoms with van der Waals surface area (Å²) in [5.41, 5.74) is 0. The van der Waals surface area contributed by atoms with Crippen molar-refractivity contribution in [2.45, 2.75) is 238 Å². The monoisotopic (exact) mass is 678 g/mol. The Hall–Kier alpha value is -1.17. The van der Waals surface area contributed by atoms with Gasteiger partial charge in [0.2, 0.25) is 5.91 Å². The minimum absolute atomic E-state index is 0.366. The number of hydrogen-bond donors (Lipinski definition) is 4. The van der Waals surface area contributed by atoms with Gasteiger partial charge >= 0.3 is 0 Å². The van der Waals surface area contributed by atoms with E-state index >= 15 is 0 Å². The summed E-state index contributed by atoms with van der Waals surface area (Å²) in [5.74, 6) is -0.511. The molecule has 0 heterocycles. The van der Waals surface area contributed by atoms with E-state index < -0.39 is 24.2 Å². The van der Waals surface area contributed by atoms with Crippen LogP contribution in [0, 0.1) is 0 Å². The molecule has 0 spiro atoms. The molecule has 284 valence electrons. The van der Waals surface area contributed by atoms with Gasteiger partial charge in [0.25, 0.3) is 0 Å². The second-order valence-corrected chi connectivity index (χ2v) is 14.6. The van der Waals surface area contributed by atoms with Crippen molar-refractivity contribution < 1.29 is 20.1 Å². The molecule has 48 heavy (non-hydrogen) atoms. The minimum Gasteiger partial charge on any atom is -0.394 e. The summed E-state index contributed by atoms with van der Waals surface area (Å²) in [5, 5.41) is 33.1. The number of unbranched alkanes of at least 4 members (excludes halogenated alkanes) is 28. The molecule has 0 fully saturated rings. The molecular formula is C43H83NO4. The van der Waals surface area contributed by atoms with Crippen LogP contribution in [0.25, 0.3) is 0 Å². The molecule has 0 aromatic heterocycles. The van der Waals surface area contributed by atoms with Gasteiger partial charge in [-0.25, -0.2) is 0 Å². The van der Waals surface area contributed by atoms with Gasteiger partial charge in [-0.05, 0) is 44.9 Å². The second kappa shape index (κ2) is 38.6. The van der Waals surface area contributed by atoms with E-state index in [1.807, 2.05) is 6.08 Å². The molecular weight excluding hydrogens is 594 g/mol. The van der Waals surface area contributed by atoms with Crippen LogP contribution in [0.15, 0.2) is 24.3 Å². The normalized spacial score (nSPS) is 13.9. The van der Waals surface area contributed by atoms with E-state index in [0.717, 1.165) is 44.9 Å². The standard InChI is InChI=1S/C43H83NO4/c1-3-5-7-9-11-13-15-17-19-20-21-22-24-25-27-29-31-33-35-37-41(46)40(39-45)44-43(48)42(47)38-36-34-32-30-28-26-23-18-16-14-12-10-8-6-4-2/h23,26,35,37,40-42,45-47H,3-22,24-25,27-34,36,38-39H2,1-2H3,(H,44,48)/b26-23-,37-35+. The Morgan fingerprint density at radius 2 is 0.833 bits per heavy atom. The number of aliphatic hydroxyl groups excluding tert-OH is 3. The van der Waals surface area contributed by atoms with Crippen molar-refractivity contribution in [2.75, 3.05) is 6.61 Å². The molecule has 5 heteroatoms. The first-order chi connectivity index (χ1) is 23.6. The average Bonchev–Trinajstić information content (AvgIpc) is 3.09. The Morgan fingerprint density at radius 3 is 1.21 bits per heavy atom. The van der Waals surface area contributed by atoms with Gasteiger partial charge in [0.05, 0.1) is 18.8 Å². The molecule has 0 bridgehead atoms. The molecule has 4 N–H and O–H groups in total. The Balaban J connectivity index is 3.70. The van der Waals surface area contributed by atoms with Crippen LogP contribution < -0.4 is 5.32 Å². The van der Waals surface area contributed by atoms with E-state index in [2.05, 4.69) is 31.3 Å². The molecule has 0 aliphatic rings. The lowest BCUT2D eigenvalue weighted by atomic mass is 10.0. The fourth-order valence-corrected chi connectivity index (χ4v) is 6.41. The fourth-order valence-electron chi connectivity index (χ4n) is 6.41. The van der Waals surface area contributed by atoms with Gasteiger partial charge in [-0.3, -0.25) is 4.79 Å². The zero-order valence-electron chi connectivity index (χ0n) is 32.1. The second-order valence-electron chi connectivity index (χ2n) is 14.6. The van der Waals surface area contributed by atoms with Crippen LogP contribution in [0.4, 0.5) is 0 Å². The molecule has 3 unspecified atom stereocenters. The van der Waals surface area contributed by atoms with Gasteiger partial charge in [0, 0.05) is 0 Å². The van der Waals surface area contributed by atoms with Crippen molar-refractivity contribution in [1.29, 1.82) is 0 Å². The van der Waals surface area contributed by atoms with Crippen LogP contribution in [-0.4, -0.2) is 46.1 Å². The topological polar surface area (TPSA) is 89.8 Å². The number of aliphatic hydroxyl groups is 3. The van der Waals surface area contributed by atoms with Crippen LogP contribution >= 0.6 is 0 Å². The highest BCUT2D eigenvalue weighted by Gasteiger charge is 2.22. The molecule has 3 atom stereocenters. The molecule has 0 aliphatic heterocycles. The molecule has 0 aromatic rings. The van der Waals surface area contributed by atoms with Crippen LogP contribution in [0.5, 0.6) is 0 Å². The van der Waals surface area contributed by atoms with Crippen molar-refractivity contribution in [1.82, 2.24) is 5.32 Å². The van der Waals surface area contributed by atoms with Crippen molar-refractivity contribution in [2.24, 2.45) is 0 Å². The highest BCUT2D eigenvalue weighted by molar-refractivity contribution is 5.80. The number of nitrogens with one attached hydrogen (secondary N) is 1. The molecule has 5 nitrogen and oxygen atoms in total. The first-order valence-electron chi connectivity index (χ1n) is 21.2.